The minimum Gasteiger partial charge on any atom is -0.453 e. The van der Waals surface area contributed by atoms with E-state index in [2.05, 4.69) is 10.1 Å². The van der Waals surface area contributed by atoms with E-state index in [1.807, 2.05) is 0 Å². The van der Waals surface area contributed by atoms with E-state index in [9.17, 15) is 9.90 Å². The van der Waals surface area contributed by atoms with E-state index in [4.69, 9.17) is 9.47 Å². The maximum absolute atomic E-state index is 11.0. The molecular formula is C9H17NO5. The van der Waals surface area contributed by atoms with Crippen LogP contribution in [0.2, 0.25) is 0 Å². The highest BCUT2D eigenvalue weighted by atomic mass is 16.7. The highest BCUT2D eigenvalue weighted by Crippen LogP contribution is 2.20. The van der Waals surface area contributed by atoms with Crippen molar-refractivity contribution in [1.82, 2.24) is 5.32 Å². The summed E-state index contributed by atoms with van der Waals surface area (Å²) in [6, 6.07) is -0.411. The Labute approximate surface area is 88.5 Å². The minimum atomic E-state index is -0.754. The van der Waals surface area contributed by atoms with Gasteiger partial charge in [0.1, 0.15) is 6.10 Å². The van der Waals surface area contributed by atoms with E-state index in [1.165, 1.54) is 14.2 Å². The molecule has 0 radical (unpaired) electrons. The number of methoxy groups -OCH3 is 2. The Bertz CT molecular complexity index is 223. The first kappa shape index (κ1) is 12.2. The third-order valence-electron chi connectivity index (χ3n) is 2.46. The number of rotatable bonds is 2. The van der Waals surface area contributed by atoms with E-state index >= 15 is 0 Å². The van der Waals surface area contributed by atoms with Crippen LogP contribution in [0.3, 0.4) is 0 Å². The quantitative estimate of drug-likeness (QED) is 0.675. The molecule has 0 aromatic rings. The first-order chi connectivity index (χ1) is 7.08. The zero-order chi connectivity index (χ0) is 11.4. The molecule has 6 nitrogen and oxygen atoms in total. The van der Waals surface area contributed by atoms with Gasteiger partial charge in [-0.3, -0.25) is 0 Å². The highest BCUT2D eigenvalue weighted by Gasteiger charge is 2.36. The van der Waals surface area contributed by atoms with Gasteiger partial charge in [-0.2, -0.15) is 0 Å². The van der Waals surface area contributed by atoms with E-state index in [-0.39, 0.29) is 6.10 Å². The van der Waals surface area contributed by atoms with Gasteiger partial charge in [0.05, 0.1) is 19.3 Å². The second kappa shape index (κ2) is 5.29. The molecule has 1 amide bonds. The Balaban J connectivity index is 2.56. The lowest BCUT2D eigenvalue weighted by molar-refractivity contribution is -0.214. The molecule has 4 atom stereocenters. The molecule has 1 aliphatic heterocycles. The second-order valence-electron chi connectivity index (χ2n) is 3.48. The molecule has 1 saturated heterocycles. The van der Waals surface area contributed by atoms with Gasteiger partial charge in [-0.05, 0) is 6.92 Å². The Kier molecular flexibility index (Phi) is 4.31. The molecule has 6 heteroatoms. The Hall–Kier alpha value is -0.850. The first-order valence-electron chi connectivity index (χ1n) is 4.79. The number of aliphatic hydroxyl groups is 1. The van der Waals surface area contributed by atoms with E-state index < -0.39 is 24.5 Å². The molecule has 0 bridgehead atoms. The molecule has 88 valence electrons. The molecule has 2 N–H and O–H groups in total. The first-order valence-corrected chi connectivity index (χ1v) is 4.79. The predicted octanol–water partition coefficient (Wildman–Crippen LogP) is -0.147. The van der Waals surface area contributed by atoms with Crippen molar-refractivity contribution in [3.05, 3.63) is 0 Å². The van der Waals surface area contributed by atoms with E-state index in [0.717, 1.165) is 0 Å². The minimum absolute atomic E-state index is 0.383. The topological polar surface area (TPSA) is 77.0 Å². The fourth-order valence-corrected chi connectivity index (χ4v) is 1.56. The summed E-state index contributed by atoms with van der Waals surface area (Å²) in [6.07, 6.45) is -1.72. The Morgan fingerprint density at radius 3 is 2.73 bits per heavy atom. The maximum atomic E-state index is 11.0. The van der Waals surface area contributed by atoms with Crippen molar-refractivity contribution in [2.75, 3.05) is 14.2 Å². The van der Waals surface area contributed by atoms with E-state index in [1.54, 1.807) is 6.92 Å². The smallest absolute Gasteiger partial charge is 0.407 e. The van der Waals surface area contributed by atoms with Crippen LogP contribution in [0.25, 0.3) is 0 Å². The molecule has 4 unspecified atom stereocenters. The van der Waals surface area contributed by atoms with Crippen molar-refractivity contribution >= 4 is 6.09 Å². The van der Waals surface area contributed by atoms with Crippen molar-refractivity contribution in [3.8, 4) is 0 Å². The molecule has 0 aromatic heterocycles. The third-order valence-corrected chi connectivity index (χ3v) is 2.46. The summed E-state index contributed by atoms with van der Waals surface area (Å²) < 4.78 is 14.8. The SMILES string of the molecule is COC(=O)NC1CC(OC)OC(C)C1O. The number of carbonyl (C=O) groups excluding carboxylic acids is 1. The molecule has 1 heterocycles. The standard InChI is InChI=1S/C9H17NO5/c1-5-8(11)6(10-9(12)14-3)4-7(13-2)15-5/h5-8,11H,4H2,1-3H3,(H,10,12). The summed E-state index contributed by atoms with van der Waals surface area (Å²) in [6.45, 7) is 1.72. The van der Waals surface area contributed by atoms with Gasteiger partial charge >= 0.3 is 6.09 Å². The number of carbonyl (C=O) groups is 1. The van der Waals surface area contributed by atoms with Crippen LogP contribution in [0, 0.1) is 0 Å². The maximum Gasteiger partial charge on any atom is 0.407 e. The molecule has 1 fully saturated rings. The third kappa shape index (κ3) is 3.05. The largest absolute Gasteiger partial charge is 0.453 e. The highest BCUT2D eigenvalue weighted by molar-refractivity contribution is 5.67. The number of ether oxygens (including phenoxy) is 3. The van der Waals surface area contributed by atoms with Crippen LogP contribution in [0.15, 0.2) is 0 Å². The fraction of sp³-hybridized carbons (Fsp3) is 0.889. The van der Waals surface area contributed by atoms with Gasteiger partial charge in [0.25, 0.3) is 0 Å². The lowest BCUT2D eigenvalue weighted by Crippen LogP contribution is -2.55. The van der Waals surface area contributed by atoms with Gasteiger partial charge in [-0.15, -0.1) is 0 Å². The summed E-state index contributed by atoms with van der Waals surface area (Å²) >= 11 is 0. The van der Waals surface area contributed by atoms with Crippen LogP contribution in [-0.2, 0) is 14.2 Å². The number of alkyl carbamates (subject to hydrolysis) is 1. The number of amides is 1. The van der Waals surface area contributed by atoms with Crippen molar-refractivity contribution < 1.29 is 24.1 Å². The molecule has 15 heavy (non-hydrogen) atoms. The molecule has 0 aliphatic carbocycles. The zero-order valence-electron chi connectivity index (χ0n) is 9.10. The van der Waals surface area contributed by atoms with Crippen molar-refractivity contribution in [3.63, 3.8) is 0 Å². The fourth-order valence-electron chi connectivity index (χ4n) is 1.56. The molecule has 0 saturated carbocycles. The van der Waals surface area contributed by atoms with Crippen molar-refractivity contribution in [2.24, 2.45) is 0 Å². The number of hydrogen-bond acceptors (Lipinski definition) is 5. The van der Waals surface area contributed by atoms with Crippen LogP contribution in [0.1, 0.15) is 13.3 Å². The van der Waals surface area contributed by atoms with Crippen molar-refractivity contribution in [2.45, 2.75) is 37.9 Å². The van der Waals surface area contributed by atoms with Crippen LogP contribution >= 0.6 is 0 Å². The normalized spacial score (nSPS) is 36.0. The van der Waals surface area contributed by atoms with Gasteiger partial charge < -0.3 is 24.6 Å². The Morgan fingerprint density at radius 1 is 1.53 bits per heavy atom. The molecule has 0 aromatic carbocycles. The lowest BCUT2D eigenvalue weighted by atomic mass is 10.00. The van der Waals surface area contributed by atoms with Gasteiger partial charge in [0.15, 0.2) is 6.29 Å². The van der Waals surface area contributed by atoms with Crippen LogP contribution in [-0.4, -0.2) is 50.0 Å². The van der Waals surface area contributed by atoms with E-state index in [0.29, 0.717) is 6.42 Å². The second-order valence-corrected chi connectivity index (χ2v) is 3.48. The monoisotopic (exact) mass is 219 g/mol. The molecule has 1 rings (SSSR count). The van der Waals surface area contributed by atoms with Crippen LogP contribution in [0.4, 0.5) is 4.79 Å². The molecular weight excluding hydrogens is 202 g/mol. The molecule has 1 aliphatic rings. The number of nitrogens with one attached hydrogen (secondary N) is 1. The number of hydrogen-bond donors (Lipinski definition) is 2. The van der Waals surface area contributed by atoms with Gasteiger partial charge in [0, 0.05) is 13.5 Å². The summed E-state index contributed by atoms with van der Waals surface area (Å²) in [4.78, 5) is 11.0. The average Bonchev–Trinajstić information content (AvgIpc) is 2.24. The summed E-state index contributed by atoms with van der Waals surface area (Å²) in [5.74, 6) is 0. The van der Waals surface area contributed by atoms with Crippen molar-refractivity contribution in [1.29, 1.82) is 0 Å². The van der Waals surface area contributed by atoms with Crippen LogP contribution < -0.4 is 5.32 Å². The Morgan fingerprint density at radius 2 is 2.20 bits per heavy atom. The zero-order valence-corrected chi connectivity index (χ0v) is 9.10. The van der Waals surface area contributed by atoms with Gasteiger partial charge in [0.2, 0.25) is 0 Å². The number of aliphatic hydroxyl groups excluding tert-OH is 1. The lowest BCUT2D eigenvalue weighted by Gasteiger charge is -2.37. The summed E-state index contributed by atoms with van der Waals surface area (Å²) in [5, 5.41) is 12.3. The summed E-state index contributed by atoms with van der Waals surface area (Å²) in [5.41, 5.74) is 0. The molecule has 0 spiro atoms. The predicted molar refractivity (Wildman–Crippen MR) is 51.3 cm³/mol. The summed E-state index contributed by atoms with van der Waals surface area (Å²) in [7, 11) is 2.79. The van der Waals surface area contributed by atoms with Gasteiger partial charge in [-0.25, -0.2) is 4.79 Å². The van der Waals surface area contributed by atoms with Gasteiger partial charge in [-0.1, -0.05) is 0 Å². The van der Waals surface area contributed by atoms with Crippen LogP contribution in [0.5, 0.6) is 0 Å². The average molecular weight is 219 g/mol.